The van der Waals surface area contributed by atoms with Crippen molar-refractivity contribution in [3.05, 3.63) is 51.3 Å². The van der Waals surface area contributed by atoms with Gasteiger partial charge >= 0.3 is 0 Å². The van der Waals surface area contributed by atoms with Crippen molar-refractivity contribution in [1.29, 1.82) is 0 Å². The van der Waals surface area contributed by atoms with Crippen LogP contribution in [-0.2, 0) is 18.3 Å². The SMILES string of the molecule is Cc1c(C(C)NC(=O)Cc2c(Cl)cccc2Cl)cnn1C. The molecule has 6 heteroatoms. The molecular formula is C15H17Cl2N3O. The Labute approximate surface area is 134 Å². The summed E-state index contributed by atoms with van der Waals surface area (Å²) < 4.78 is 1.78. The van der Waals surface area contributed by atoms with E-state index in [0.29, 0.717) is 15.6 Å². The highest BCUT2D eigenvalue weighted by atomic mass is 35.5. The Kier molecular flexibility index (Phi) is 4.91. The predicted molar refractivity (Wildman–Crippen MR) is 84.7 cm³/mol. The highest BCUT2D eigenvalue weighted by Crippen LogP contribution is 2.25. The topological polar surface area (TPSA) is 46.9 Å². The minimum absolute atomic E-state index is 0.118. The smallest absolute Gasteiger partial charge is 0.225 e. The second kappa shape index (κ2) is 6.50. The standard InChI is InChI=1S/C15H17Cl2N3O/c1-9(12-8-18-20(3)10(12)2)19-15(21)7-11-13(16)5-4-6-14(11)17/h4-6,8-9H,7H2,1-3H3,(H,19,21). The molecule has 0 saturated heterocycles. The lowest BCUT2D eigenvalue weighted by atomic mass is 10.1. The number of rotatable bonds is 4. The molecule has 0 bridgehead atoms. The summed E-state index contributed by atoms with van der Waals surface area (Å²) in [6, 6.07) is 5.09. The Morgan fingerprint density at radius 1 is 1.38 bits per heavy atom. The quantitative estimate of drug-likeness (QED) is 0.935. The Bertz CT molecular complexity index is 647. The number of hydrogen-bond donors (Lipinski definition) is 1. The van der Waals surface area contributed by atoms with Gasteiger partial charge in [-0.3, -0.25) is 9.48 Å². The van der Waals surface area contributed by atoms with Gasteiger partial charge in [-0.25, -0.2) is 0 Å². The summed E-state index contributed by atoms with van der Waals surface area (Å²) in [6.07, 6.45) is 1.92. The Balaban J connectivity index is 2.07. The van der Waals surface area contributed by atoms with Crippen LogP contribution in [0.4, 0.5) is 0 Å². The zero-order valence-corrected chi connectivity index (χ0v) is 13.7. The maximum atomic E-state index is 12.2. The summed E-state index contributed by atoms with van der Waals surface area (Å²) in [7, 11) is 1.87. The fraction of sp³-hybridized carbons (Fsp3) is 0.333. The lowest BCUT2D eigenvalue weighted by molar-refractivity contribution is -0.121. The monoisotopic (exact) mass is 325 g/mol. The summed E-state index contributed by atoms with van der Waals surface area (Å²) in [5.74, 6) is -0.124. The van der Waals surface area contributed by atoms with Gasteiger partial charge in [0, 0.05) is 28.4 Å². The lowest BCUT2D eigenvalue weighted by Crippen LogP contribution is -2.28. The van der Waals surface area contributed by atoms with Crippen LogP contribution in [-0.4, -0.2) is 15.7 Å². The maximum absolute atomic E-state index is 12.2. The van der Waals surface area contributed by atoms with Gasteiger partial charge in [0.05, 0.1) is 18.7 Å². The molecule has 1 unspecified atom stereocenters. The Morgan fingerprint density at radius 3 is 2.52 bits per heavy atom. The first kappa shape index (κ1) is 15.9. The minimum atomic E-state index is -0.124. The molecule has 1 aromatic carbocycles. The van der Waals surface area contributed by atoms with Gasteiger partial charge in [0.2, 0.25) is 5.91 Å². The molecule has 2 aromatic rings. The number of carbonyl (C=O) groups is 1. The summed E-state index contributed by atoms with van der Waals surface area (Å²) in [4.78, 5) is 12.2. The molecule has 0 aliphatic heterocycles. The van der Waals surface area contributed by atoms with Crippen LogP contribution < -0.4 is 5.32 Å². The van der Waals surface area contributed by atoms with Crippen molar-refractivity contribution in [2.45, 2.75) is 26.3 Å². The highest BCUT2D eigenvalue weighted by Gasteiger charge is 2.16. The largest absolute Gasteiger partial charge is 0.349 e. The molecule has 112 valence electrons. The third kappa shape index (κ3) is 3.57. The number of hydrogen-bond acceptors (Lipinski definition) is 2. The van der Waals surface area contributed by atoms with Crippen molar-refractivity contribution in [3.8, 4) is 0 Å². The molecule has 1 amide bonds. The number of aromatic nitrogens is 2. The molecule has 1 heterocycles. The van der Waals surface area contributed by atoms with E-state index in [-0.39, 0.29) is 18.4 Å². The van der Waals surface area contributed by atoms with E-state index in [9.17, 15) is 4.79 Å². The minimum Gasteiger partial charge on any atom is -0.349 e. The molecule has 21 heavy (non-hydrogen) atoms. The van der Waals surface area contributed by atoms with Crippen molar-refractivity contribution in [3.63, 3.8) is 0 Å². The summed E-state index contributed by atoms with van der Waals surface area (Å²) in [5.41, 5.74) is 2.67. The van der Waals surface area contributed by atoms with Crippen LogP contribution in [0.5, 0.6) is 0 Å². The molecule has 0 radical (unpaired) electrons. The second-order valence-corrected chi connectivity index (χ2v) is 5.79. The van der Waals surface area contributed by atoms with Gasteiger partial charge in [-0.2, -0.15) is 5.10 Å². The molecule has 2 rings (SSSR count). The number of amides is 1. The van der Waals surface area contributed by atoms with Crippen molar-refractivity contribution in [2.75, 3.05) is 0 Å². The van der Waals surface area contributed by atoms with Crippen LogP contribution in [0.25, 0.3) is 0 Å². The zero-order valence-electron chi connectivity index (χ0n) is 12.2. The molecule has 0 fully saturated rings. The molecule has 0 saturated carbocycles. The average Bonchev–Trinajstić information content (AvgIpc) is 2.74. The maximum Gasteiger partial charge on any atom is 0.225 e. The Morgan fingerprint density at radius 2 is 2.00 bits per heavy atom. The number of nitrogens with one attached hydrogen (secondary N) is 1. The van der Waals surface area contributed by atoms with Gasteiger partial charge in [0.25, 0.3) is 0 Å². The van der Waals surface area contributed by atoms with Gasteiger partial charge in [-0.15, -0.1) is 0 Å². The number of nitrogens with zero attached hydrogens (tertiary/aromatic N) is 2. The van der Waals surface area contributed by atoms with Gasteiger partial charge in [0.15, 0.2) is 0 Å². The molecular weight excluding hydrogens is 309 g/mol. The van der Waals surface area contributed by atoms with E-state index in [2.05, 4.69) is 10.4 Å². The van der Waals surface area contributed by atoms with Crippen LogP contribution >= 0.6 is 23.2 Å². The van der Waals surface area contributed by atoms with E-state index < -0.39 is 0 Å². The van der Waals surface area contributed by atoms with Crippen LogP contribution in [0.3, 0.4) is 0 Å². The van der Waals surface area contributed by atoms with E-state index in [1.54, 1.807) is 29.1 Å². The molecule has 0 aliphatic rings. The first-order valence-corrected chi connectivity index (χ1v) is 7.36. The zero-order chi connectivity index (χ0) is 15.6. The first-order valence-electron chi connectivity index (χ1n) is 6.61. The third-order valence-electron chi connectivity index (χ3n) is 3.52. The van der Waals surface area contributed by atoms with Crippen molar-refractivity contribution < 1.29 is 4.79 Å². The predicted octanol–water partition coefficient (Wildman–Crippen LogP) is 3.46. The number of aryl methyl sites for hydroxylation is 1. The molecule has 1 aromatic heterocycles. The Hall–Kier alpha value is -1.52. The van der Waals surface area contributed by atoms with Gasteiger partial charge in [-0.1, -0.05) is 29.3 Å². The van der Waals surface area contributed by atoms with Crippen molar-refractivity contribution >= 4 is 29.1 Å². The highest BCUT2D eigenvalue weighted by molar-refractivity contribution is 6.36. The molecule has 0 aliphatic carbocycles. The molecule has 4 nitrogen and oxygen atoms in total. The average molecular weight is 326 g/mol. The van der Waals surface area contributed by atoms with Crippen molar-refractivity contribution in [1.82, 2.24) is 15.1 Å². The second-order valence-electron chi connectivity index (χ2n) is 4.98. The van der Waals surface area contributed by atoms with E-state index in [4.69, 9.17) is 23.2 Å². The van der Waals surface area contributed by atoms with E-state index in [1.807, 2.05) is 20.9 Å². The fourth-order valence-electron chi connectivity index (χ4n) is 2.17. The number of halogens is 2. The molecule has 1 atom stereocenters. The molecule has 0 spiro atoms. The number of benzene rings is 1. The summed E-state index contributed by atoms with van der Waals surface area (Å²) in [6.45, 7) is 3.89. The van der Waals surface area contributed by atoms with Crippen molar-refractivity contribution in [2.24, 2.45) is 7.05 Å². The summed E-state index contributed by atoms with van der Waals surface area (Å²) >= 11 is 12.2. The molecule has 1 N–H and O–H groups in total. The van der Waals surface area contributed by atoms with Gasteiger partial charge in [-0.05, 0) is 31.5 Å². The van der Waals surface area contributed by atoms with Crippen LogP contribution in [0.1, 0.15) is 29.8 Å². The summed E-state index contributed by atoms with van der Waals surface area (Å²) in [5, 5.41) is 8.13. The first-order chi connectivity index (χ1) is 9.90. The van der Waals surface area contributed by atoms with E-state index in [1.165, 1.54) is 0 Å². The lowest BCUT2D eigenvalue weighted by Gasteiger charge is -2.14. The normalized spacial score (nSPS) is 12.2. The van der Waals surface area contributed by atoms with E-state index in [0.717, 1.165) is 11.3 Å². The van der Waals surface area contributed by atoms with E-state index >= 15 is 0 Å². The number of carbonyl (C=O) groups excluding carboxylic acids is 1. The van der Waals surface area contributed by atoms with Gasteiger partial charge < -0.3 is 5.32 Å². The van der Waals surface area contributed by atoms with Gasteiger partial charge in [0.1, 0.15) is 0 Å². The fourth-order valence-corrected chi connectivity index (χ4v) is 2.70. The third-order valence-corrected chi connectivity index (χ3v) is 4.22. The van der Waals surface area contributed by atoms with Crippen LogP contribution in [0, 0.1) is 6.92 Å². The van der Waals surface area contributed by atoms with Crippen LogP contribution in [0.15, 0.2) is 24.4 Å². The van der Waals surface area contributed by atoms with Crippen LogP contribution in [0.2, 0.25) is 10.0 Å².